The molecule has 1 N–H and O–H groups in total. The Bertz CT molecular complexity index is 617. The van der Waals surface area contributed by atoms with Crippen molar-refractivity contribution in [2.75, 3.05) is 31.8 Å². The minimum atomic E-state index is -3.08. The van der Waals surface area contributed by atoms with Crippen LogP contribution < -0.4 is 0 Å². The average Bonchev–Trinajstić information content (AvgIpc) is 2.87. The van der Waals surface area contributed by atoms with Gasteiger partial charge in [0.1, 0.15) is 6.04 Å². The van der Waals surface area contributed by atoms with Gasteiger partial charge in [-0.2, -0.15) is 0 Å². The minimum Gasteiger partial charge on any atom is -0.480 e. The van der Waals surface area contributed by atoms with Gasteiger partial charge in [0.25, 0.3) is 0 Å². The van der Waals surface area contributed by atoms with E-state index in [-0.39, 0.29) is 17.5 Å². The topological polar surface area (TPSA) is 83.9 Å². The Morgan fingerprint density at radius 3 is 2.61 bits per heavy atom. The van der Waals surface area contributed by atoms with Crippen molar-refractivity contribution >= 4 is 15.8 Å². The van der Waals surface area contributed by atoms with E-state index in [0.29, 0.717) is 31.6 Å². The zero-order chi connectivity index (χ0) is 16.9. The van der Waals surface area contributed by atoms with Crippen LogP contribution in [-0.4, -0.2) is 62.2 Å². The number of carboxylic acids is 1. The lowest BCUT2D eigenvalue weighted by atomic mass is 10.0. The lowest BCUT2D eigenvalue weighted by molar-refractivity contribution is -0.144. The fraction of sp³-hybridized carbons (Fsp3) is 0.562. The molecule has 1 aliphatic heterocycles. The van der Waals surface area contributed by atoms with Crippen molar-refractivity contribution in [1.82, 2.24) is 4.90 Å². The first-order valence-electron chi connectivity index (χ1n) is 7.67. The molecule has 1 fully saturated rings. The van der Waals surface area contributed by atoms with E-state index in [1.54, 1.807) is 36.3 Å². The van der Waals surface area contributed by atoms with E-state index in [1.165, 1.54) is 0 Å². The Morgan fingerprint density at radius 2 is 2.09 bits per heavy atom. The van der Waals surface area contributed by atoms with Crippen LogP contribution in [0.15, 0.2) is 30.3 Å². The van der Waals surface area contributed by atoms with Crippen LogP contribution in [-0.2, 0) is 19.4 Å². The molecule has 1 heterocycles. The molecule has 1 saturated heterocycles. The predicted octanol–water partition coefficient (Wildman–Crippen LogP) is 1.34. The van der Waals surface area contributed by atoms with Gasteiger partial charge in [-0.25, -0.2) is 8.42 Å². The van der Waals surface area contributed by atoms with Crippen molar-refractivity contribution < 1.29 is 23.1 Å². The van der Waals surface area contributed by atoms with Crippen molar-refractivity contribution in [1.29, 1.82) is 0 Å². The Balaban J connectivity index is 2.27. The summed E-state index contributed by atoms with van der Waals surface area (Å²) in [6.45, 7) is 0.997. The van der Waals surface area contributed by atoms with Crippen molar-refractivity contribution in [3.63, 3.8) is 0 Å². The summed E-state index contributed by atoms with van der Waals surface area (Å²) in [5.41, 5.74) is 0.668. The summed E-state index contributed by atoms with van der Waals surface area (Å²) >= 11 is 0. The second-order valence-corrected chi connectivity index (χ2v) is 8.02. The van der Waals surface area contributed by atoms with Crippen LogP contribution in [0.25, 0.3) is 0 Å². The van der Waals surface area contributed by atoms with Gasteiger partial charge >= 0.3 is 5.97 Å². The summed E-state index contributed by atoms with van der Waals surface area (Å²) in [5.74, 6) is -0.811. The quantitative estimate of drug-likeness (QED) is 0.718. The minimum absolute atomic E-state index is 0.0244. The lowest BCUT2D eigenvalue weighted by Crippen LogP contribution is -2.43. The van der Waals surface area contributed by atoms with E-state index in [1.807, 2.05) is 6.07 Å². The van der Waals surface area contributed by atoms with Crippen LogP contribution in [0.4, 0.5) is 0 Å². The maximum Gasteiger partial charge on any atom is 0.325 e. The molecule has 0 aromatic heterocycles. The molecular formula is C16H23NO5S. The standard InChI is InChI=1S/C16H23NO5S/c1-22-10-5-9-17(14-8-11-23(20,21)12-14)15(16(18)19)13-6-3-2-4-7-13/h2-4,6-7,14-15H,5,8-12H2,1H3,(H,18,19). The van der Waals surface area contributed by atoms with Gasteiger partial charge in [-0.05, 0) is 18.4 Å². The van der Waals surface area contributed by atoms with Gasteiger partial charge in [-0.3, -0.25) is 9.69 Å². The van der Waals surface area contributed by atoms with E-state index in [9.17, 15) is 18.3 Å². The van der Waals surface area contributed by atoms with Crippen LogP contribution in [0.5, 0.6) is 0 Å². The number of hydrogen-bond donors (Lipinski definition) is 1. The second kappa shape index (κ2) is 7.90. The average molecular weight is 341 g/mol. The summed E-state index contributed by atoms with van der Waals surface area (Å²) < 4.78 is 28.7. The first kappa shape index (κ1) is 17.9. The highest BCUT2D eigenvalue weighted by molar-refractivity contribution is 7.91. The third-order valence-electron chi connectivity index (χ3n) is 4.12. The SMILES string of the molecule is COCCCN(C1CCS(=O)(=O)C1)C(C(=O)O)c1ccccc1. The molecule has 6 nitrogen and oxygen atoms in total. The molecule has 1 aromatic rings. The highest BCUT2D eigenvalue weighted by atomic mass is 32.2. The molecule has 0 saturated carbocycles. The number of rotatable bonds is 8. The number of carboxylic acid groups (broad SMARTS) is 1. The van der Waals surface area contributed by atoms with Crippen molar-refractivity contribution in [2.45, 2.75) is 24.9 Å². The Kier molecular flexibility index (Phi) is 6.15. The van der Waals surface area contributed by atoms with E-state index in [0.717, 1.165) is 0 Å². The number of sulfone groups is 1. The number of ether oxygens (including phenoxy) is 1. The van der Waals surface area contributed by atoms with Crippen LogP contribution >= 0.6 is 0 Å². The molecule has 0 radical (unpaired) electrons. The zero-order valence-electron chi connectivity index (χ0n) is 13.2. The summed E-state index contributed by atoms with van der Waals surface area (Å²) in [6.07, 6.45) is 1.13. The van der Waals surface area contributed by atoms with Crippen molar-refractivity contribution in [2.24, 2.45) is 0 Å². The number of hydrogen-bond acceptors (Lipinski definition) is 5. The molecular weight excluding hydrogens is 318 g/mol. The molecule has 0 bridgehead atoms. The molecule has 2 unspecified atom stereocenters. The van der Waals surface area contributed by atoms with E-state index in [2.05, 4.69) is 0 Å². The Hall–Kier alpha value is -1.44. The predicted molar refractivity (Wildman–Crippen MR) is 87.1 cm³/mol. The molecule has 7 heteroatoms. The van der Waals surface area contributed by atoms with E-state index in [4.69, 9.17) is 4.74 Å². The smallest absolute Gasteiger partial charge is 0.325 e. The Morgan fingerprint density at radius 1 is 1.39 bits per heavy atom. The highest BCUT2D eigenvalue weighted by Crippen LogP contribution is 2.28. The van der Waals surface area contributed by atoms with Crippen LogP contribution in [0.2, 0.25) is 0 Å². The van der Waals surface area contributed by atoms with Gasteiger partial charge in [-0.15, -0.1) is 0 Å². The molecule has 2 rings (SSSR count). The molecule has 128 valence electrons. The molecule has 1 aromatic carbocycles. The van der Waals surface area contributed by atoms with Crippen LogP contribution in [0, 0.1) is 0 Å². The third kappa shape index (κ3) is 4.76. The zero-order valence-corrected chi connectivity index (χ0v) is 14.0. The number of nitrogens with zero attached hydrogens (tertiary/aromatic N) is 1. The van der Waals surface area contributed by atoms with Gasteiger partial charge in [0.15, 0.2) is 9.84 Å². The maximum atomic E-state index is 11.9. The molecule has 0 aliphatic carbocycles. The third-order valence-corrected chi connectivity index (χ3v) is 5.87. The second-order valence-electron chi connectivity index (χ2n) is 5.79. The molecule has 23 heavy (non-hydrogen) atoms. The van der Waals surface area contributed by atoms with Gasteiger partial charge in [-0.1, -0.05) is 30.3 Å². The molecule has 1 aliphatic rings. The molecule has 2 atom stereocenters. The van der Waals surface area contributed by atoms with E-state index >= 15 is 0 Å². The first-order valence-corrected chi connectivity index (χ1v) is 9.49. The first-order chi connectivity index (χ1) is 10.9. The largest absolute Gasteiger partial charge is 0.480 e. The number of methoxy groups -OCH3 is 1. The fourth-order valence-electron chi connectivity index (χ4n) is 3.06. The van der Waals surface area contributed by atoms with Gasteiger partial charge in [0.05, 0.1) is 11.5 Å². The monoisotopic (exact) mass is 341 g/mol. The van der Waals surface area contributed by atoms with Crippen molar-refractivity contribution in [3.05, 3.63) is 35.9 Å². The Labute approximate surface area is 137 Å². The summed E-state index contributed by atoms with van der Waals surface area (Å²) in [5, 5.41) is 9.72. The van der Waals surface area contributed by atoms with Gasteiger partial charge in [0.2, 0.25) is 0 Å². The van der Waals surface area contributed by atoms with Crippen LogP contribution in [0.1, 0.15) is 24.4 Å². The van der Waals surface area contributed by atoms with Crippen molar-refractivity contribution in [3.8, 4) is 0 Å². The molecule has 0 amide bonds. The number of aliphatic carboxylic acids is 1. The maximum absolute atomic E-state index is 11.9. The normalized spacial score (nSPS) is 21.4. The number of carbonyl (C=O) groups is 1. The van der Waals surface area contributed by atoms with Crippen LogP contribution in [0.3, 0.4) is 0 Å². The fourth-order valence-corrected chi connectivity index (χ4v) is 4.80. The van der Waals surface area contributed by atoms with E-state index < -0.39 is 21.8 Å². The summed E-state index contributed by atoms with van der Waals surface area (Å²) in [4.78, 5) is 13.7. The molecule has 0 spiro atoms. The highest BCUT2D eigenvalue weighted by Gasteiger charge is 2.38. The summed E-state index contributed by atoms with van der Waals surface area (Å²) in [7, 11) is -1.48. The number of benzene rings is 1. The van der Waals surface area contributed by atoms with Gasteiger partial charge in [0, 0.05) is 26.3 Å². The summed E-state index contributed by atoms with van der Waals surface area (Å²) in [6, 6.07) is 7.85. The van der Waals surface area contributed by atoms with Gasteiger partial charge < -0.3 is 9.84 Å². The lowest BCUT2D eigenvalue weighted by Gasteiger charge is -2.33.